The Hall–Kier alpha value is -3.60. The van der Waals surface area contributed by atoms with Crippen molar-refractivity contribution in [3.8, 4) is 17.2 Å². The molecule has 3 aromatic carbocycles. The maximum Gasteiger partial charge on any atom is 0.125 e. The second kappa shape index (κ2) is 8.86. The van der Waals surface area contributed by atoms with Crippen molar-refractivity contribution in [1.82, 2.24) is 0 Å². The molecule has 0 bridgehead atoms. The van der Waals surface area contributed by atoms with E-state index in [-0.39, 0.29) is 30.3 Å². The van der Waals surface area contributed by atoms with Gasteiger partial charge in [0.25, 0.3) is 0 Å². The molecule has 3 aromatic rings. The van der Waals surface area contributed by atoms with Crippen molar-refractivity contribution in [1.29, 1.82) is 0 Å². The molecule has 0 aliphatic heterocycles. The molecule has 3 rings (SSSR count). The average molecular weight is 374 g/mol. The largest absolute Gasteiger partial charge is 0.507 e. The monoisotopic (exact) mass is 374 g/mol. The molecule has 3 N–H and O–H groups in total. The van der Waals surface area contributed by atoms with E-state index in [0.717, 1.165) is 5.56 Å². The van der Waals surface area contributed by atoms with Crippen molar-refractivity contribution in [2.24, 2.45) is 9.98 Å². The Morgan fingerprint density at radius 2 is 1.14 bits per heavy atom. The zero-order valence-electron chi connectivity index (χ0n) is 15.6. The molecule has 142 valence electrons. The second-order valence-electron chi connectivity index (χ2n) is 6.49. The van der Waals surface area contributed by atoms with Crippen LogP contribution in [0.2, 0.25) is 0 Å². The van der Waals surface area contributed by atoms with Crippen LogP contribution in [0.3, 0.4) is 0 Å². The number of hydrogen-bond acceptors (Lipinski definition) is 5. The smallest absolute Gasteiger partial charge is 0.125 e. The van der Waals surface area contributed by atoms with Crippen LogP contribution in [-0.2, 0) is 13.1 Å². The van der Waals surface area contributed by atoms with Gasteiger partial charge in [-0.1, -0.05) is 42.0 Å². The highest BCUT2D eigenvalue weighted by Crippen LogP contribution is 2.26. The molecule has 0 aliphatic rings. The quantitative estimate of drug-likeness (QED) is 0.561. The average Bonchev–Trinajstić information content (AvgIpc) is 2.68. The summed E-state index contributed by atoms with van der Waals surface area (Å²) in [6.45, 7) is 2.53. The van der Waals surface area contributed by atoms with E-state index < -0.39 is 0 Å². The van der Waals surface area contributed by atoms with Crippen LogP contribution in [0, 0.1) is 6.92 Å². The van der Waals surface area contributed by atoms with Crippen molar-refractivity contribution in [3.05, 3.63) is 88.5 Å². The summed E-state index contributed by atoms with van der Waals surface area (Å²) >= 11 is 0. The van der Waals surface area contributed by atoms with E-state index >= 15 is 0 Å². The van der Waals surface area contributed by atoms with E-state index in [4.69, 9.17) is 0 Å². The molecule has 0 spiro atoms. The standard InChI is InChI=1S/C23H22N2O3/c1-16-10-19(14-24-12-17-6-2-4-8-21(17)26)23(28)20(11-16)15-25-13-18-7-3-5-9-22(18)27/h2-13,26-28H,14-15H2,1H3. The number of rotatable bonds is 6. The van der Waals surface area contributed by atoms with E-state index in [1.165, 1.54) is 0 Å². The summed E-state index contributed by atoms with van der Waals surface area (Å²) in [4.78, 5) is 8.68. The Labute approximate surface area is 164 Å². The summed E-state index contributed by atoms with van der Waals surface area (Å²) in [5.41, 5.74) is 3.64. The van der Waals surface area contributed by atoms with Crippen molar-refractivity contribution >= 4 is 12.4 Å². The van der Waals surface area contributed by atoms with Gasteiger partial charge in [0.1, 0.15) is 17.2 Å². The number of aryl methyl sites for hydroxylation is 1. The van der Waals surface area contributed by atoms with Crippen LogP contribution in [0.4, 0.5) is 0 Å². The molecule has 0 radical (unpaired) electrons. The first-order valence-corrected chi connectivity index (χ1v) is 8.91. The van der Waals surface area contributed by atoms with Crippen LogP contribution in [0.5, 0.6) is 17.2 Å². The highest BCUT2D eigenvalue weighted by Gasteiger charge is 2.08. The normalized spacial score (nSPS) is 11.5. The minimum absolute atomic E-state index is 0.162. The molecule has 0 heterocycles. The van der Waals surface area contributed by atoms with Crippen LogP contribution in [-0.4, -0.2) is 27.7 Å². The molecule has 0 atom stereocenters. The number of phenolic OH excluding ortho intramolecular Hbond substituents is 3. The first kappa shape index (κ1) is 19.2. The third-order valence-corrected chi connectivity index (χ3v) is 4.27. The van der Waals surface area contributed by atoms with E-state index in [0.29, 0.717) is 22.3 Å². The van der Waals surface area contributed by atoms with Crippen molar-refractivity contribution in [3.63, 3.8) is 0 Å². The fourth-order valence-electron chi connectivity index (χ4n) is 2.85. The Kier molecular flexibility index (Phi) is 6.07. The number of hydrogen-bond donors (Lipinski definition) is 3. The predicted octanol–water partition coefficient (Wildman–Crippen LogP) is 4.35. The summed E-state index contributed by atoms with van der Waals surface area (Å²) in [5.74, 6) is 0.493. The lowest BCUT2D eigenvalue weighted by molar-refractivity contribution is 0.461. The van der Waals surface area contributed by atoms with Crippen LogP contribution >= 0.6 is 0 Å². The molecule has 0 aromatic heterocycles. The van der Waals surface area contributed by atoms with E-state index in [1.54, 1.807) is 48.8 Å². The Morgan fingerprint density at radius 1 is 0.714 bits per heavy atom. The summed E-state index contributed by atoms with van der Waals surface area (Å²) in [5, 5.41) is 30.1. The first-order valence-electron chi connectivity index (χ1n) is 8.91. The van der Waals surface area contributed by atoms with Crippen LogP contribution < -0.4 is 0 Å². The molecule has 0 amide bonds. The molecule has 5 heteroatoms. The van der Waals surface area contributed by atoms with Gasteiger partial charge < -0.3 is 15.3 Å². The van der Waals surface area contributed by atoms with Gasteiger partial charge in [-0.2, -0.15) is 0 Å². The Balaban J connectivity index is 1.74. The molecule has 28 heavy (non-hydrogen) atoms. The highest BCUT2D eigenvalue weighted by molar-refractivity contribution is 5.83. The molecule has 5 nitrogen and oxygen atoms in total. The SMILES string of the molecule is Cc1cc(CN=Cc2ccccc2O)c(O)c(CN=Cc2ccccc2O)c1. The maximum absolute atomic E-state index is 10.6. The van der Waals surface area contributed by atoms with Crippen LogP contribution in [0.15, 0.2) is 70.6 Å². The van der Waals surface area contributed by atoms with Gasteiger partial charge in [-0.05, 0) is 31.2 Å². The fraction of sp³-hybridized carbons (Fsp3) is 0.130. The van der Waals surface area contributed by atoms with Gasteiger partial charge in [0.05, 0.1) is 13.1 Å². The van der Waals surface area contributed by atoms with Gasteiger partial charge in [-0.15, -0.1) is 0 Å². The lowest BCUT2D eigenvalue weighted by atomic mass is 10.0. The fourth-order valence-corrected chi connectivity index (χ4v) is 2.85. The van der Waals surface area contributed by atoms with Gasteiger partial charge in [0.2, 0.25) is 0 Å². The zero-order valence-corrected chi connectivity index (χ0v) is 15.6. The Morgan fingerprint density at radius 3 is 1.57 bits per heavy atom. The first-order chi connectivity index (χ1) is 13.5. The van der Waals surface area contributed by atoms with Crippen molar-refractivity contribution in [2.75, 3.05) is 0 Å². The van der Waals surface area contributed by atoms with Crippen LogP contribution in [0.25, 0.3) is 0 Å². The number of nitrogens with zero attached hydrogens (tertiary/aromatic N) is 2. The molecular weight excluding hydrogens is 352 g/mol. The number of benzene rings is 3. The highest BCUT2D eigenvalue weighted by atomic mass is 16.3. The summed E-state index contributed by atoms with van der Waals surface area (Å²) in [7, 11) is 0. The van der Waals surface area contributed by atoms with Crippen molar-refractivity contribution < 1.29 is 15.3 Å². The van der Waals surface area contributed by atoms with Gasteiger partial charge in [-0.3, -0.25) is 9.98 Å². The third-order valence-electron chi connectivity index (χ3n) is 4.27. The van der Waals surface area contributed by atoms with E-state index in [1.807, 2.05) is 31.2 Å². The third kappa shape index (κ3) is 4.76. The molecule has 0 unspecified atom stereocenters. The van der Waals surface area contributed by atoms with Gasteiger partial charge >= 0.3 is 0 Å². The summed E-state index contributed by atoms with van der Waals surface area (Å²) < 4.78 is 0. The summed E-state index contributed by atoms with van der Waals surface area (Å²) in [6.07, 6.45) is 3.18. The number of para-hydroxylation sites is 2. The molecule has 0 aliphatic carbocycles. The topological polar surface area (TPSA) is 85.4 Å². The minimum Gasteiger partial charge on any atom is -0.507 e. The van der Waals surface area contributed by atoms with Crippen molar-refractivity contribution in [2.45, 2.75) is 20.0 Å². The minimum atomic E-state index is 0.162. The molecule has 0 saturated carbocycles. The number of aliphatic imine (C=N–C) groups is 2. The molecular formula is C23H22N2O3. The lowest BCUT2D eigenvalue weighted by Gasteiger charge is -2.09. The van der Waals surface area contributed by atoms with E-state index in [2.05, 4.69) is 9.98 Å². The van der Waals surface area contributed by atoms with Gasteiger partial charge in [-0.25, -0.2) is 0 Å². The number of aromatic hydroxyl groups is 3. The zero-order chi connectivity index (χ0) is 19.9. The Bertz CT molecular complexity index is 947. The van der Waals surface area contributed by atoms with Crippen LogP contribution in [0.1, 0.15) is 27.8 Å². The molecule has 0 saturated heterocycles. The second-order valence-corrected chi connectivity index (χ2v) is 6.49. The maximum atomic E-state index is 10.6. The van der Waals surface area contributed by atoms with E-state index in [9.17, 15) is 15.3 Å². The number of phenols is 3. The summed E-state index contributed by atoms with van der Waals surface area (Å²) in [6, 6.07) is 17.7. The lowest BCUT2D eigenvalue weighted by Crippen LogP contribution is -1.93. The van der Waals surface area contributed by atoms with Gasteiger partial charge in [0, 0.05) is 34.7 Å². The van der Waals surface area contributed by atoms with Gasteiger partial charge in [0.15, 0.2) is 0 Å². The predicted molar refractivity (Wildman–Crippen MR) is 112 cm³/mol. The molecule has 0 fully saturated rings.